The average Bonchev–Trinajstić information content (AvgIpc) is 2.66. The van der Waals surface area contributed by atoms with Crippen LogP contribution in [0.15, 0.2) is 12.4 Å². The molecule has 0 aliphatic heterocycles. The summed E-state index contributed by atoms with van der Waals surface area (Å²) in [6.07, 6.45) is 8.32. The zero-order valence-corrected chi connectivity index (χ0v) is 13.1. The number of carboxylic acid groups (broad SMARTS) is 2. The molecule has 0 aliphatic rings. The van der Waals surface area contributed by atoms with E-state index in [1.807, 2.05) is 31.2 Å². The van der Waals surface area contributed by atoms with Crippen LogP contribution in [0.1, 0.15) is 12.2 Å². The minimum atomic E-state index is -2.19. The molecule has 0 saturated heterocycles. The molecule has 0 fully saturated rings. The van der Waals surface area contributed by atoms with Crippen LogP contribution < -0.4 is 10.2 Å². The van der Waals surface area contributed by atoms with Gasteiger partial charge in [0.15, 0.2) is 0 Å². The van der Waals surface area contributed by atoms with Gasteiger partial charge in [-0.2, -0.15) is 11.8 Å². The minimum absolute atomic E-state index is 0. The Bertz CT molecular complexity index is 359. The van der Waals surface area contributed by atoms with E-state index in [4.69, 9.17) is 19.8 Å². The maximum Gasteiger partial charge on any atom is 2.00 e. The second kappa shape index (κ2) is 11.3. The molecule has 0 atom stereocenters. The van der Waals surface area contributed by atoms with E-state index in [0.717, 1.165) is 6.42 Å². The third-order valence-electron chi connectivity index (χ3n) is 1.84. The molecule has 0 N–H and O–H groups in total. The first-order valence-electron chi connectivity index (χ1n) is 4.86. The SMILES string of the molecule is CSCCCc1nccn1C.O=C([O-])C(=O)[O-].[Pt+2]. The summed E-state index contributed by atoms with van der Waals surface area (Å²) in [5.74, 6) is -1.95. The van der Waals surface area contributed by atoms with Crippen molar-refractivity contribution in [2.75, 3.05) is 12.0 Å². The number of thioether (sulfide) groups is 1. The maximum atomic E-state index is 8.93. The van der Waals surface area contributed by atoms with Crippen molar-refractivity contribution in [1.29, 1.82) is 0 Å². The zero-order chi connectivity index (χ0) is 13.3. The quantitative estimate of drug-likeness (QED) is 0.394. The van der Waals surface area contributed by atoms with Gasteiger partial charge in [-0.15, -0.1) is 0 Å². The van der Waals surface area contributed by atoms with Crippen molar-refractivity contribution in [3.05, 3.63) is 18.2 Å². The number of aliphatic carboxylic acids is 2. The van der Waals surface area contributed by atoms with Crippen LogP contribution in [0.25, 0.3) is 0 Å². The van der Waals surface area contributed by atoms with Crippen molar-refractivity contribution in [2.24, 2.45) is 7.05 Å². The van der Waals surface area contributed by atoms with Gasteiger partial charge >= 0.3 is 21.1 Å². The largest absolute Gasteiger partial charge is 2.00 e. The molecule has 6 nitrogen and oxygen atoms in total. The smallest absolute Gasteiger partial charge is 0.543 e. The second-order valence-corrected chi connectivity index (χ2v) is 4.11. The number of imidazole rings is 1. The number of carbonyl (C=O) groups excluding carboxylic acids is 2. The number of nitrogens with zero attached hydrogens (tertiary/aromatic N) is 2. The van der Waals surface area contributed by atoms with Crippen molar-refractivity contribution in [2.45, 2.75) is 12.8 Å². The van der Waals surface area contributed by atoms with Crippen LogP contribution in [0.5, 0.6) is 0 Å². The van der Waals surface area contributed by atoms with Gasteiger partial charge in [0.05, 0.1) is 11.9 Å². The number of aryl methyl sites for hydroxylation is 2. The summed E-state index contributed by atoms with van der Waals surface area (Å²) in [6.45, 7) is 0. The summed E-state index contributed by atoms with van der Waals surface area (Å²) in [7, 11) is 2.04. The Labute approximate surface area is 124 Å². The van der Waals surface area contributed by atoms with Crippen LogP contribution in [0.3, 0.4) is 0 Å². The zero-order valence-electron chi connectivity index (χ0n) is 10.0. The predicted octanol–water partition coefficient (Wildman–Crippen LogP) is -1.80. The molecule has 18 heavy (non-hydrogen) atoms. The standard InChI is InChI=1S/C8H14N2S.C2H2O4.Pt/c1-10-6-5-9-8(10)4-3-7-11-2;3-1(4)2(5)6;/h5-6H,3-4,7H2,1-2H3;(H,3,4)(H,5,6);/q;;+2/p-2. The Hall–Kier alpha value is -0.812. The van der Waals surface area contributed by atoms with Crippen LogP contribution >= 0.6 is 11.8 Å². The summed E-state index contributed by atoms with van der Waals surface area (Å²) in [5, 5.41) is 17.9. The molecule has 0 bridgehead atoms. The first kappa shape index (κ1) is 19.5. The van der Waals surface area contributed by atoms with Crippen molar-refractivity contribution in [3.63, 3.8) is 0 Å². The van der Waals surface area contributed by atoms with E-state index in [-0.39, 0.29) is 21.1 Å². The van der Waals surface area contributed by atoms with Crippen LogP contribution in [-0.2, 0) is 44.1 Å². The van der Waals surface area contributed by atoms with Crippen LogP contribution in [0, 0.1) is 0 Å². The number of carboxylic acids is 2. The van der Waals surface area contributed by atoms with Crippen LogP contribution in [0.2, 0.25) is 0 Å². The maximum absolute atomic E-state index is 8.93. The van der Waals surface area contributed by atoms with Gasteiger partial charge in [0, 0.05) is 25.9 Å². The Morgan fingerprint density at radius 1 is 1.39 bits per heavy atom. The van der Waals surface area contributed by atoms with E-state index in [2.05, 4.69) is 15.8 Å². The van der Waals surface area contributed by atoms with Gasteiger partial charge in [-0.3, -0.25) is 0 Å². The van der Waals surface area contributed by atoms with Crippen molar-refractivity contribution in [1.82, 2.24) is 9.55 Å². The molecular weight excluding hydrogens is 439 g/mol. The van der Waals surface area contributed by atoms with Crippen molar-refractivity contribution in [3.8, 4) is 0 Å². The Morgan fingerprint density at radius 2 is 1.94 bits per heavy atom. The van der Waals surface area contributed by atoms with E-state index < -0.39 is 11.9 Å². The number of carbonyl (C=O) groups is 2. The third-order valence-corrected chi connectivity index (χ3v) is 2.53. The number of hydrogen-bond donors (Lipinski definition) is 0. The predicted molar refractivity (Wildman–Crippen MR) is 59.9 cm³/mol. The molecule has 1 aromatic rings. The van der Waals surface area contributed by atoms with Crippen LogP contribution in [0.4, 0.5) is 0 Å². The number of hydrogen-bond acceptors (Lipinski definition) is 6. The molecule has 0 unspecified atom stereocenters. The molecule has 8 heteroatoms. The molecule has 1 rings (SSSR count). The molecule has 0 aliphatic carbocycles. The second-order valence-electron chi connectivity index (χ2n) is 3.13. The van der Waals surface area contributed by atoms with Crippen LogP contribution in [-0.4, -0.2) is 33.5 Å². The summed E-state index contributed by atoms with van der Waals surface area (Å²) >= 11 is 1.89. The van der Waals surface area contributed by atoms with Gasteiger partial charge in [0.1, 0.15) is 5.82 Å². The van der Waals surface area contributed by atoms with Crippen molar-refractivity contribution < 1.29 is 40.9 Å². The Balaban J connectivity index is 0. The van der Waals surface area contributed by atoms with Gasteiger partial charge in [-0.25, -0.2) is 4.98 Å². The number of rotatable bonds is 4. The van der Waals surface area contributed by atoms with E-state index in [1.165, 1.54) is 18.0 Å². The van der Waals surface area contributed by atoms with E-state index in [0.29, 0.717) is 0 Å². The molecule has 0 spiro atoms. The van der Waals surface area contributed by atoms with Crippen molar-refractivity contribution >= 4 is 23.7 Å². The first-order valence-corrected chi connectivity index (χ1v) is 6.25. The topological polar surface area (TPSA) is 98.1 Å². The molecule has 0 saturated carbocycles. The fourth-order valence-corrected chi connectivity index (χ4v) is 1.45. The Morgan fingerprint density at radius 3 is 2.28 bits per heavy atom. The van der Waals surface area contributed by atoms with E-state index in [9.17, 15) is 0 Å². The van der Waals surface area contributed by atoms with Gasteiger partial charge in [-0.1, -0.05) is 0 Å². The molecular formula is C10H14N2O4PtS. The monoisotopic (exact) mass is 453 g/mol. The summed E-state index contributed by atoms with van der Waals surface area (Å²) in [6, 6.07) is 0. The number of aromatic nitrogens is 2. The van der Waals surface area contributed by atoms with Gasteiger partial charge in [-0.05, 0) is 18.4 Å². The van der Waals surface area contributed by atoms with Gasteiger partial charge in [0.25, 0.3) is 0 Å². The Kier molecular flexibility index (Phi) is 12.2. The minimum Gasteiger partial charge on any atom is -0.543 e. The third kappa shape index (κ3) is 9.24. The first-order chi connectivity index (χ1) is 7.99. The average molecular weight is 453 g/mol. The normalized spacial score (nSPS) is 8.78. The molecule has 1 heterocycles. The van der Waals surface area contributed by atoms with E-state index >= 15 is 0 Å². The summed E-state index contributed by atoms with van der Waals surface area (Å²) < 4.78 is 2.08. The van der Waals surface area contributed by atoms with Gasteiger partial charge in [0.2, 0.25) is 0 Å². The summed E-state index contributed by atoms with van der Waals surface area (Å²) in [4.78, 5) is 22.1. The van der Waals surface area contributed by atoms with E-state index in [1.54, 1.807) is 0 Å². The molecule has 1 aromatic heterocycles. The molecule has 0 radical (unpaired) electrons. The molecule has 0 amide bonds. The fourth-order valence-electron chi connectivity index (χ4n) is 1.01. The fraction of sp³-hybridized carbons (Fsp3) is 0.500. The summed E-state index contributed by atoms with van der Waals surface area (Å²) in [5.41, 5.74) is 0. The van der Waals surface area contributed by atoms with Gasteiger partial charge < -0.3 is 24.4 Å². The molecule has 0 aromatic carbocycles. The molecule has 104 valence electrons.